The largest absolute Gasteiger partial charge is 0.329 e. The van der Waals surface area contributed by atoms with Crippen LogP contribution < -0.4 is 0 Å². The molecule has 24 heavy (non-hydrogen) atoms. The number of pyridine rings is 1. The van der Waals surface area contributed by atoms with Gasteiger partial charge in [0.25, 0.3) is 0 Å². The van der Waals surface area contributed by atoms with Crippen molar-refractivity contribution in [3.05, 3.63) is 82.7 Å². The normalized spacial score (nSPS) is 10.3. The van der Waals surface area contributed by atoms with Crippen molar-refractivity contribution in [2.45, 2.75) is 20.4 Å². The molecule has 0 aliphatic heterocycles. The molecule has 3 aromatic rings. The van der Waals surface area contributed by atoms with E-state index in [1.807, 2.05) is 30.5 Å². The van der Waals surface area contributed by atoms with Crippen LogP contribution in [0.15, 0.2) is 42.7 Å². The van der Waals surface area contributed by atoms with Crippen LogP contribution in [0.4, 0.5) is 8.78 Å². The van der Waals surface area contributed by atoms with Gasteiger partial charge in [-0.15, -0.1) is 0 Å². The minimum Gasteiger partial charge on any atom is -0.329 e. The minimum absolute atomic E-state index is 0.409. The number of nitrogens with zero attached hydrogens (tertiary/aromatic N) is 3. The highest BCUT2D eigenvalue weighted by Gasteiger charge is 2.06. The van der Waals surface area contributed by atoms with E-state index in [1.54, 1.807) is 18.5 Å². The molecular weight excluding hydrogens is 308 g/mol. The van der Waals surface area contributed by atoms with Crippen LogP contribution in [-0.2, 0) is 6.54 Å². The van der Waals surface area contributed by atoms with E-state index in [9.17, 15) is 8.78 Å². The van der Waals surface area contributed by atoms with E-state index in [2.05, 4.69) is 21.8 Å². The predicted octanol–water partition coefficient (Wildman–Crippen LogP) is 3.62. The summed E-state index contributed by atoms with van der Waals surface area (Å²) in [5.41, 5.74) is 3.07. The number of hydrogen-bond acceptors (Lipinski definition) is 2. The molecule has 2 heterocycles. The van der Waals surface area contributed by atoms with E-state index >= 15 is 0 Å². The van der Waals surface area contributed by atoms with Crippen LogP contribution in [0.2, 0.25) is 0 Å². The molecule has 3 rings (SSSR count). The van der Waals surface area contributed by atoms with Gasteiger partial charge in [0, 0.05) is 30.2 Å². The van der Waals surface area contributed by atoms with E-state index < -0.39 is 11.6 Å². The van der Waals surface area contributed by atoms with Gasteiger partial charge in [-0.3, -0.25) is 4.98 Å². The molecule has 0 radical (unpaired) electrons. The lowest BCUT2D eigenvalue weighted by molar-refractivity contribution is 0.506. The molecule has 0 N–H and O–H groups in total. The molecule has 0 spiro atoms. The van der Waals surface area contributed by atoms with Gasteiger partial charge in [0.1, 0.15) is 11.5 Å². The summed E-state index contributed by atoms with van der Waals surface area (Å²) in [4.78, 5) is 8.52. The number of hydrogen-bond donors (Lipinski definition) is 0. The summed E-state index contributed by atoms with van der Waals surface area (Å²) in [5.74, 6) is 5.12. The summed E-state index contributed by atoms with van der Waals surface area (Å²) in [7, 11) is 0. The second kappa shape index (κ2) is 6.63. The monoisotopic (exact) mass is 323 g/mol. The van der Waals surface area contributed by atoms with E-state index in [0.29, 0.717) is 17.8 Å². The van der Waals surface area contributed by atoms with Gasteiger partial charge in [-0.1, -0.05) is 12.0 Å². The van der Waals surface area contributed by atoms with Crippen molar-refractivity contribution in [2.24, 2.45) is 0 Å². The predicted molar refractivity (Wildman–Crippen MR) is 87.4 cm³/mol. The number of aromatic nitrogens is 3. The number of halogens is 2. The Labute approximate surface area is 139 Å². The molecule has 3 nitrogen and oxygen atoms in total. The molecular formula is C19H15F2N3. The molecule has 0 unspecified atom stereocenters. The molecule has 0 bridgehead atoms. The van der Waals surface area contributed by atoms with E-state index in [-0.39, 0.29) is 0 Å². The van der Waals surface area contributed by atoms with Crippen molar-refractivity contribution < 1.29 is 8.78 Å². The Bertz CT molecular complexity index is 949. The van der Waals surface area contributed by atoms with Crippen LogP contribution in [0.5, 0.6) is 0 Å². The molecule has 120 valence electrons. The zero-order chi connectivity index (χ0) is 17.1. The molecule has 0 fully saturated rings. The van der Waals surface area contributed by atoms with Crippen molar-refractivity contribution in [1.29, 1.82) is 0 Å². The number of rotatable bonds is 2. The van der Waals surface area contributed by atoms with Crippen molar-refractivity contribution in [3.8, 4) is 11.8 Å². The third-order valence-electron chi connectivity index (χ3n) is 3.54. The van der Waals surface area contributed by atoms with Gasteiger partial charge in [0.05, 0.1) is 0 Å². The zero-order valence-corrected chi connectivity index (χ0v) is 13.3. The molecule has 0 saturated carbocycles. The SMILES string of the molecule is Cc1cc(C#Cc2cn(Cc3ccc(F)c(F)c3)c(C)n2)ccn1. The smallest absolute Gasteiger partial charge is 0.159 e. The summed E-state index contributed by atoms with van der Waals surface area (Å²) in [6, 6.07) is 7.62. The molecule has 0 saturated heterocycles. The average Bonchev–Trinajstić information content (AvgIpc) is 2.89. The van der Waals surface area contributed by atoms with Gasteiger partial charge in [-0.25, -0.2) is 13.8 Å². The maximum atomic E-state index is 13.3. The van der Waals surface area contributed by atoms with Gasteiger partial charge in [-0.05, 0) is 49.6 Å². The Morgan fingerprint density at radius 1 is 1.04 bits per heavy atom. The third-order valence-corrected chi connectivity index (χ3v) is 3.54. The maximum absolute atomic E-state index is 13.3. The quantitative estimate of drug-likeness (QED) is 0.674. The second-order valence-corrected chi connectivity index (χ2v) is 5.49. The summed E-state index contributed by atoms with van der Waals surface area (Å²) in [5, 5.41) is 0. The highest BCUT2D eigenvalue weighted by Crippen LogP contribution is 2.12. The molecule has 0 amide bonds. The number of benzene rings is 1. The fourth-order valence-electron chi connectivity index (χ4n) is 2.32. The second-order valence-electron chi connectivity index (χ2n) is 5.49. The van der Waals surface area contributed by atoms with Crippen LogP contribution in [0.25, 0.3) is 0 Å². The van der Waals surface area contributed by atoms with Crippen molar-refractivity contribution in [1.82, 2.24) is 14.5 Å². The van der Waals surface area contributed by atoms with Gasteiger partial charge >= 0.3 is 0 Å². The first kappa shape index (κ1) is 15.9. The Hall–Kier alpha value is -3.00. The lowest BCUT2D eigenvalue weighted by Crippen LogP contribution is -2.01. The van der Waals surface area contributed by atoms with Gasteiger partial charge < -0.3 is 4.57 Å². The summed E-state index contributed by atoms with van der Waals surface area (Å²) in [6.07, 6.45) is 3.52. The Morgan fingerprint density at radius 2 is 1.88 bits per heavy atom. The lowest BCUT2D eigenvalue weighted by Gasteiger charge is -2.05. The lowest BCUT2D eigenvalue weighted by atomic mass is 10.2. The van der Waals surface area contributed by atoms with Gasteiger partial charge in [0.15, 0.2) is 11.6 Å². The van der Waals surface area contributed by atoms with E-state index in [1.165, 1.54) is 6.07 Å². The Morgan fingerprint density at radius 3 is 2.62 bits per heavy atom. The summed E-state index contributed by atoms with van der Waals surface area (Å²) < 4.78 is 28.2. The minimum atomic E-state index is -0.849. The van der Waals surface area contributed by atoms with Crippen LogP contribution in [0.3, 0.4) is 0 Å². The maximum Gasteiger partial charge on any atom is 0.159 e. The molecule has 0 atom stereocenters. The van der Waals surface area contributed by atoms with E-state index in [4.69, 9.17) is 0 Å². The number of aryl methyl sites for hydroxylation is 2. The average molecular weight is 323 g/mol. The highest BCUT2D eigenvalue weighted by atomic mass is 19.2. The Balaban J connectivity index is 1.81. The highest BCUT2D eigenvalue weighted by molar-refractivity contribution is 5.39. The molecule has 2 aromatic heterocycles. The van der Waals surface area contributed by atoms with Crippen LogP contribution >= 0.6 is 0 Å². The first-order valence-electron chi connectivity index (χ1n) is 7.43. The zero-order valence-electron chi connectivity index (χ0n) is 13.3. The fraction of sp³-hybridized carbons (Fsp3) is 0.158. The molecule has 0 aliphatic carbocycles. The van der Waals surface area contributed by atoms with Crippen molar-refractivity contribution >= 4 is 0 Å². The topological polar surface area (TPSA) is 30.7 Å². The Kier molecular flexibility index (Phi) is 4.39. The first-order chi connectivity index (χ1) is 11.5. The van der Waals surface area contributed by atoms with Crippen LogP contribution in [0.1, 0.15) is 28.3 Å². The van der Waals surface area contributed by atoms with Crippen molar-refractivity contribution in [2.75, 3.05) is 0 Å². The molecule has 5 heteroatoms. The molecule has 1 aromatic carbocycles. The van der Waals surface area contributed by atoms with Crippen LogP contribution in [-0.4, -0.2) is 14.5 Å². The standard InChI is InChI=1S/C19H15F2N3/c1-13-9-15(7-8-22-13)3-5-17-12-24(14(2)23-17)11-16-4-6-18(20)19(21)10-16/h4,6-10,12H,11H2,1-2H3. The summed E-state index contributed by atoms with van der Waals surface area (Å²) >= 11 is 0. The third kappa shape index (κ3) is 3.66. The first-order valence-corrected chi connectivity index (χ1v) is 7.43. The van der Waals surface area contributed by atoms with Crippen LogP contribution in [0, 0.1) is 37.3 Å². The van der Waals surface area contributed by atoms with E-state index in [0.717, 1.165) is 23.1 Å². The fourth-order valence-corrected chi connectivity index (χ4v) is 2.32. The van der Waals surface area contributed by atoms with Crippen molar-refractivity contribution in [3.63, 3.8) is 0 Å². The summed E-state index contributed by atoms with van der Waals surface area (Å²) in [6.45, 7) is 4.17. The van der Waals surface area contributed by atoms with Gasteiger partial charge in [0.2, 0.25) is 0 Å². The molecule has 0 aliphatic rings. The van der Waals surface area contributed by atoms with Gasteiger partial charge in [-0.2, -0.15) is 0 Å². The number of imidazole rings is 1.